The second-order valence-corrected chi connectivity index (χ2v) is 6.36. The zero-order chi connectivity index (χ0) is 17.5. The fraction of sp³-hybridized carbons (Fsp3) is 0.158. The third-order valence-corrected chi connectivity index (χ3v) is 4.20. The highest BCUT2D eigenvalue weighted by atomic mass is 35.5. The quantitative estimate of drug-likeness (QED) is 0.826. The summed E-state index contributed by atoms with van der Waals surface area (Å²) in [5, 5.41) is 10.0. The molecule has 0 N–H and O–H groups in total. The lowest BCUT2D eigenvalue weighted by Gasteiger charge is -2.18. The maximum Gasteiger partial charge on any atom is 0.220 e. The first-order chi connectivity index (χ1) is 11.4. The number of carbonyl (C=O) groups is 1. The van der Waals surface area contributed by atoms with Crippen molar-refractivity contribution in [3.63, 3.8) is 0 Å². The predicted octanol–water partition coefficient (Wildman–Crippen LogP) is 4.52. The van der Waals surface area contributed by atoms with Gasteiger partial charge in [-0.05, 0) is 43.7 Å². The average Bonchev–Trinajstić information content (AvgIpc) is 3.07. The molecule has 2 heterocycles. The van der Waals surface area contributed by atoms with Crippen molar-refractivity contribution in [2.24, 2.45) is 0 Å². The van der Waals surface area contributed by atoms with E-state index in [2.05, 4.69) is 6.58 Å². The molecule has 1 aliphatic rings. The fourth-order valence-corrected chi connectivity index (χ4v) is 2.85. The second kappa shape index (κ2) is 5.70. The van der Waals surface area contributed by atoms with Crippen molar-refractivity contribution in [1.82, 2.24) is 4.57 Å². The number of halogens is 1. The van der Waals surface area contributed by atoms with Crippen LogP contribution in [0.1, 0.15) is 19.5 Å². The number of benzene rings is 1. The molecule has 3 rings (SSSR count). The van der Waals surface area contributed by atoms with Crippen molar-refractivity contribution in [1.29, 1.82) is 5.26 Å². The highest BCUT2D eigenvalue weighted by molar-refractivity contribution is 6.30. The molecule has 24 heavy (non-hydrogen) atoms. The van der Waals surface area contributed by atoms with Crippen LogP contribution in [0.4, 0.5) is 0 Å². The summed E-state index contributed by atoms with van der Waals surface area (Å²) in [6.07, 6.45) is 1.63. The first-order valence-electron chi connectivity index (χ1n) is 7.37. The molecule has 120 valence electrons. The molecule has 0 unspecified atom stereocenters. The standard InChI is InChI=1S/C19H15ClN2O2/c1-4-22-15(12-5-7-13(20)8-6-12)9-10-16(22)17-14(11-21)18(23)19(2,3)24-17/h4-10H,1H2,2-3H3. The van der Waals surface area contributed by atoms with E-state index < -0.39 is 5.60 Å². The van der Waals surface area contributed by atoms with Gasteiger partial charge in [-0.1, -0.05) is 30.3 Å². The van der Waals surface area contributed by atoms with E-state index in [4.69, 9.17) is 16.3 Å². The van der Waals surface area contributed by atoms with Gasteiger partial charge in [0.25, 0.3) is 0 Å². The number of nitrogens with zero attached hydrogens (tertiary/aromatic N) is 2. The molecule has 0 fully saturated rings. The van der Waals surface area contributed by atoms with Gasteiger partial charge in [0.15, 0.2) is 11.4 Å². The van der Waals surface area contributed by atoms with Gasteiger partial charge in [-0.2, -0.15) is 5.26 Å². The molecule has 0 bridgehead atoms. The smallest absolute Gasteiger partial charge is 0.220 e. The Balaban J connectivity index is 2.16. The Morgan fingerprint density at radius 2 is 1.83 bits per heavy atom. The lowest BCUT2D eigenvalue weighted by atomic mass is 10.00. The molecule has 0 saturated carbocycles. The Morgan fingerprint density at radius 3 is 2.42 bits per heavy atom. The van der Waals surface area contributed by atoms with Crippen LogP contribution in [-0.4, -0.2) is 16.0 Å². The molecular weight excluding hydrogens is 324 g/mol. The predicted molar refractivity (Wildman–Crippen MR) is 94.0 cm³/mol. The number of hydrogen-bond acceptors (Lipinski definition) is 3. The molecule has 0 amide bonds. The van der Waals surface area contributed by atoms with Gasteiger partial charge in [-0.25, -0.2) is 0 Å². The van der Waals surface area contributed by atoms with Crippen LogP contribution < -0.4 is 0 Å². The molecule has 4 nitrogen and oxygen atoms in total. The number of hydrogen-bond donors (Lipinski definition) is 0. The SMILES string of the molecule is C=Cn1c(C2=C(C#N)C(=O)C(C)(C)O2)ccc1-c1ccc(Cl)cc1. The summed E-state index contributed by atoms with van der Waals surface area (Å²) in [6, 6.07) is 13.1. The molecular formula is C19H15ClN2O2. The molecule has 2 aromatic rings. The van der Waals surface area contributed by atoms with Gasteiger partial charge < -0.3 is 9.30 Å². The van der Waals surface area contributed by atoms with E-state index in [9.17, 15) is 10.1 Å². The van der Waals surface area contributed by atoms with Crippen molar-refractivity contribution < 1.29 is 9.53 Å². The molecule has 0 spiro atoms. The molecule has 1 aromatic carbocycles. The Kier molecular flexibility index (Phi) is 3.82. The summed E-state index contributed by atoms with van der Waals surface area (Å²) >= 11 is 5.94. The van der Waals surface area contributed by atoms with Gasteiger partial charge >= 0.3 is 0 Å². The van der Waals surface area contributed by atoms with Gasteiger partial charge in [0.05, 0.1) is 11.4 Å². The molecule has 5 heteroatoms. The van der Waals surface area contributed by atoms with Gasteiger partial charge in [-0.3, -0.25) is 4.79 Å². The summed E-state index contributed by atoms with van der Waals surface area (Å²) in [5.74, 6) is -0.0301. The molecule has 1 aromatic heterocycles. The topological polar surface area (TPSA) is 55.0 Å². The minimum atomic E-state index is -1.04. The maximum absolute atomic E-state index is 12.3. The molecule has 0 aliphatic carbocycles. The summed E-state index contributed by atoms with van der Waals surface area (Å²) in [5.41, 5.74) is 1.40. The van der Waals surface area contributed by atoms with E-state index in [0.29, 0.717) is 10.7 Å². The number of ketones is 1. The average molecular weight is 339 g/mol. The number of nitriles is 1. The van der Waals surface area contributed by atoms with Crippen LogP contribution in [-0.2, 0) is 9.53 Å². The van der Waals surface area contributed by atoms with Crippen LogP contribution >= 0.6 is 11.6 Å². The third-order valence-electron chi connectivity index (χ3n) is 3.94. The largest absolute Gasteiger partial charge is 0.476 e. The minimum absolute atomic E-state index is 0.0313. The van der Waals surface area contributed by atoms with Gasteiger partial charge in [0, 0.05) is 11.2 Å². The molecule has 0 saturated heterocycles. The number of Topliss-reactive ketones (excluding diaryl/α,β-unsaturated/α-hetero) is 1. The number of rotatable bonds is 3. The summed E-state index contributed by atoms with van der Waals surface area (Å²) in [4.78, 5) is 12.3. The first-order valence-corrected chi connectivity index (χ1v) is 7.75. The van der Waals surface area contributed by atoms with E-state index >= 15 is 0 Å². The van der Waals surface area contributed by atoms with Crippen LogP contribution in [0.3, 0.4) is 0 Å². The molecule has 0 radical (unpaired) electrons. The normalized spacial score (nSPS) is 16.0. The van der Waals surface area contributed by atoms with Crippen LogP contribution in [0.15, 0.2) is 48.6 Å². The van der Waals surface area contributed by atoms with Crippen LogP contribution in [0.25, 0.3) is 23.2 Å². The monoisotopic (exact) mass is 338 g/mol. The zero-order valence-corrected chi connectivity index (χ0v) is 14.1. The lowest BCUT2D eigenvalue weighted by Crippen LogP contribution is -2.29. The van der Waals surface area contributed by atoms with Gasteiger partial charge in [0.1, 0.15) is 11.6 Å². The Morgan fingerprint density at radius 1 is 1.21 bits per heavy atom. The van der Waals surface area contributed by atoms with Crippen LogP contribution in [0, 0.1) is 11.3 Å². The number of ether oxygens (including phenoxy) is 1. The fourth-order valence-electron chi connectivity index (χ4n) is 2.72. The van der Waals surface area contributed by atoms with Crippen molar-refractivity contribution in [2.45, 2.75) is 19.4 Å². The van der Waals surface area contributed by atoms with Crippen molar-refractivity contribution in [3.8, 4) is 17.3 Å². The van der Waals surface area contributed by atoms with E-state index in [0.717, 1.165) is 11.3 Å². The Bertz CT molecular complexity index is 912. The third kappa shape index (κ3) is 2.44. The molecule has 1 aliphatic heterocycles. The highest BCUT2D eigenvalue weighted by Crippen LogP contribution is 2.38. The highest BCUT2D eigenvalue weighted by Gasteiger charge is 2.43. The lowest BCUT2D eigenvalue weighted by molar-refractivity contribution is -0.126. The van der Waals surface area contributed by atoms with Crippen LogP contribution in [0.2, 0.25) is 5.02 Å². The Hall–Kier alpha value is -2.77. The Labute approximate surface area is 145 Å². The minimum Gasteiger partial charge on any atom is -0.476 e. The molecule has 0 atom stereocenters. The van der Waals surface area contributed by atoms with Gasteiger partial charge in [0.2, 0.25) is 5.78 Å². The zero-order valence-electron chi connectivity index (χ0n) is 13.3. The number of carbonyl (C=O) groups excluding carboxylic acids is 1. The second-order valence-electron chi connectivity index (χ2n) is 5.92. The van der Waals surface area contributed by atoms with Crippen molar-refractivity contribution >= 4 is 29.3 Å². The van der Waals surface area contributed by atoms with Crippen LogP contribution in [0.5, 0.6) is 0 Å². The summed E-state index contributed by atoms with van der Waals surface area (Å²) in [7, 11) is 0. The van der Waals surface area contributed by atoms with E-state index in [1.165, 1.54) is 0 Å². The van der Waals surface area contributed by atoms with E-state index in [1.807, 2.05) is 30.3 Å². The summed E-state index contributed by atoms with van der Waals surface area (Å²) in [6.45, 7) is 7.14. The summed E-state index contributed by atoms with van der Waals surface area (Å²) < 4.78 is 7.58. The van der Waals surface area contributed by atoms with E-state index in [-0.39, 0.29) is 17.1 Å². The van der Waals surface area contributed by atoms with Crippen molar-refractivity contribution in [3.05, 3.63) is 59.3 Å². The number of aromatic nitrogens is 1. The van der Waals surface area contributed by atoms with Gasteiger partial charge in [-0.15, -0.1) is 0 Å². The van der Waals surface area contributed by atoms with E-state index in [1.54, 1.807) is 36.7 Å². The maximum atomic E-state index is 12.3. The first kappa shape index (κ1) is 16.1. The van der Waals surface area contributed by atoms with Crippen molar-refractivity contribution in [2.75, 3.05) is 0 Å².